The number of fused-ring (bicyclic) bond motifs is 1. The van der Waals surface area contributed by atoms with E-state index >= 15 is 0 Å². The predicted octanol–water partition coefficient (Wildman–Crippen LogP) is 3.63. The van der Waals surface area contributed by atoms with Crippen LogP contribution < -0.4 is 0 Å². The first-order valence-electron chi connectivity index (χ1n) is 8.77. The predicted molar refractivity (Wildman–Crippen MR) is 86.8 cm³/mol. The van der Waals surface area contributed by atoms with Gasteiger partial charge in [-0.1, -0.05) is 20.8 Å². The third-order valence-corrected chi connectivity index (χ3v) is 10.5. The number of carbonyl (C=O) groups excluding carboxylic acids is 1. The second-order valence-electron chi connectivity index (χ2n) is 6.95. The summed E-state index contributed by atoms with van der Waals surface area (Å²) in [6.45, 7) is 8.81. The van der Waals surface area contributed by atoms with Gasteiger partial charge in [-0.25, -0.2) is 0 Å². The first-order valence-corrected chi connectivity index (χ1v) is 11.3. The van der Waals surface area contributed by atoms with Crippen molar-refractivity contribution in [3.63, 3.8) is 0 Å². The summed E-state index contributed by atoms with van der Waals surface area (Å²) >= 11 is 0. The number of hydrogen-bond acceptors (Lipinski definition) is 4. The SMILES string of the molecule is CC[Si](CC)(CC)O[C@@H]1C[C@@H]2OC(=O)C[C@@H]2[C@H]1C1=CC(C)O1. The van der Waals surface area contributed by atoms with E-state index in [0.29, 0.717) is 6.42 Å². The van der Waals surface area contributed by atoms with Gasteiger partial charge in [0.2, 0.25) is 0 Å². The highest BCUT2D eigenvalue weighted by atomic mass is 28.4. The van der Waals surface area contributed by atoms with Crippen molar-refractivity contribution in [2.45, 2.75) is 77.0 Å². The molecule has 4 nitrogen and oxygen atoms in total. The van der Waals surface area contributed by atoms with Crippen molar-refractivity contribution in [1.29, 1.82) is 0 Å². The van der Waals surface area contributed by atoms with Crippen molar-refractivity contribution in [3.8, 4) is 0 Å². The topological polar surface area (TPSA) is 44.8 Å². The molecule has 1 unspecified atom stereocenters. The van der Waals surface area contributed by atoms with Crippen LogP contribution in [-0.2, 0) is 18.7 Å². The highest BCUT2D eigenvalue weighted by Crippen LogP contribution is 2.49. The molecular formula is C17H28O4Si. The highest BCUT2D eigenvalue weighted by Gasteiger charge is 2.55. The zero-order chi connectivity index (χ0) is 15.9. The highest BCUT2D eigenvalue weighted by molar-refractivity contribution is 6.73. The lowest BCUT2D eigenvalue weighted by molar-refractivity contribution is -0.141. The van der Waals surface area contributed by atoms with E-state index < -0.39 is 8.32 Å². The van der Waals surface area contributed by atoms with E-state index in [1.54, 1.807) is 0 Å². The third-order valence-electron chi connectivity index (χ3n) is 5.87. The van der Waals surface area contributed by atoms with E-state index in [4.69, 9.17) is 13.9 Å². The van der Waals surface area contributed by atoms with Gasteiger partial charge in [-0.2, -0.15) is 0 Å². The van der Waals surface area contributed by atoms with E-state index in [9.17, 15) is 4.79 Å². The largest absolute Gasteiger partial charge is 0.491 e. The molecule has 5 atom stereocenters. The smallest absolute Gasteiger partial charge is 0.306 e. The summed E-state index contributed by atoms with van der Waals surface area (Å²) in [6, 6.07) is 3.44. The van der Waals surface area contributed by atoms with Crippen molar-refractivity contribution in [1.82, 2.24) is 0 Å². The number of carbonyl (C=O) groups is 1. The Bertz CT molecular complexity index is 463. The molecule has 124 valence electrons. The van der Waals surface area contributed by atoms with Gasteiger partial charge < -0.3 is 13.9 Å². The monoisotopic (exact) mass is 324 g/mol. The molecule has 0 aromatic carbocycles. The number of esters is 1. The standard InChI is InChI=1S/C17H28O4Si/c1-5-22(6-2,7-3)21-15-10-13-12(9-16(18)20-13)17(15)14-8-11(4)19-14/h8,11-13,15,17H,5-7,9-10H2,1-4H3/t11?,12-,13-,15+,17-/m0/s1. The molecule has 0 radical (unpaired) electrons. The van der Waals surface area contributed by atoms with E-state index in [2.05, 4.69) is 26.8 Å². The maximum absolute atomic E-state index is 11.6. The van der Waals surface area contributed by atoms with E-state index in [1.165, 1.54) is 0 Å². The van der Waals surface area contributed by atoms with Gasteiger partial charge in [0.1, 0.15) is 18.0 Å². The summed E-state index contributed by atoms with van der Waals surface area (Å²) in [4.78, 5) is 11.6. The van der Waals surface area contributed by atoms with Crippen LogP contribution in [0, 0.1) is 11.8 Å². The molecule has 1 aliphatic carbocycles. The molecule has 3 aliphatic rings. The summed E-state index contributed by atoms with van der Waals surface area (Å²) in [7, 11) is -1.66. The lowest BCUT2D eigenvalue weighted by Gasteiger charge is -2.38. The maximum Gasteiger partial charge on any atom is 0.306 e. The first kappa shape index (κ1) is 16.1. The Balaban J connectivity index is 1.81. The van der Waals surface area contributed by atoms with E-state index in [0.717, 1.165) is 30.3 Å². The summed E-state index contributed by atoms with van der Waals surface area (Å²) in [5, 5.41) is 0. The Morgan fingerprint density at radius 2 is 1.86 bits per heavy atom. The third kappa shape index (κ3) is 2.62. The van der Waals surface area contributed by atoms with Crippen molar-refractivity contribution < 1.29 is 18.7 Å². The van der Waals surface area contributed by atoms with Gasteiger partial charge in [0, 0.05) is 18.3 Å². The van der Waals surface area contributed by atoms with Gasteiger partial charge in [0.15, 0.2) is 8.32 Å². The summed E-state index contributed by atoms with van der Waals surface area (Å²) in [6.07, 6.45) is 3.92. The Labute approximate surface area is 134 Å². The number of ether oxygens (including phenoxy) is 2. The van der Waals surface area contributed by atoms with Crippen molar-refractivity contribution in [2.75, 3.05) is 0 Å². The maximum atomic E-state index is 11.6. The van der Waals surface area contributed by atoms with Gasteiger partial charge in [-0.15, -0.1) is 0 Å². The van der Waals surface area contributed by atoms with Crippen LogP contribution in [0.2, 0.25) is 18.1 Å². The number of rotatable bonds is 6. The molecule has 0 aromatic rings. The Morgan fingerprint density at radius 1 is 1.23 bits per heavy atom. The molecule has 0 amide bonds. The molecule has 22 heavy (non-hydrogen) atoms. The molecule has 2 aliphatic heterocycles. The second-order valence-corrected chi connectivity index (χ2v) is 11.7. The Kier molecular flexibility index (Phi) is 4.38. The van der Waals surface area contributed by atoms with Crippen LogP contribution in [0.25, 0.3) is 0 Å². The molecule has 1 saturated carbocycles. The zero-order valence-corrected chi connectivity index (χ0v) is 15.1. The molecular weight excluding hydrogens is 296 g/mol. The van der Waals surface area contributed by atoms with Crippen LogP contribution in [0.5, 0.6) is 0 Å². The Morgan fingerprint density at radius 3 is 2.41 bits per heavy atom. The second kappa shape index (κ2) is 6.00. The van der Waals surface area contributed by atoms with Gasteiger partial charge in [0.05, 0.1) is 12.5 Å². The molecule has 0 bridgehead atoms. The van der Waals surface area contributed by atoms with Crippen molar-refractivity contribution in [2.24, 2.45) is 11.8 Å². The molecule has 0 aromatic heterocycles. The van der Waals surface area contributed by atoms with Gasteiger partial charge >= 0.3 is 5.97 Å². The fourth-order valence-corrected chi connectivity index (χ4v) is 7.22. The van der Waals surface area contributed by atoms with E-state index in [1.807, 2.05) is 6.92 Å². The average molecular weight is 324 g/mol. The van der Waals surface area contributed by atoms with Crippen LogP contribution in [0.4, 0.5) is 0 Å². The quantitative estimate of drug-likeness (QED) is 0.553. The molecule has 2 heterocycles. The lowest BCUT2D eigenvalue weighted by atomic mass is 9.88. The van der Waals surface area contributed by atoms with Crippen molar-refractivity contribution in [3.05, 3.63) is 11.8 Å². The van der Waals surface area contributed by atoms with Gasteiger partial charge in [-0.05, 0) is 31.1 Å². The van der Waals surface area contributed by atoms with Crippen LogP contribution >= 0.6 is 0 Å². The molecule has 0 spiro atoms. The summed E-state index contributed by atoms with van der Waals surface area (Å²) in [5.41, 5.74) is 0. The number of hydrogen-bond donors (Lipinski definition) is 0. The summed E-state index contributed by atoms with van der Waals surface area (Å²) < 4.78 is 18.1. The van der Waals surface area contributed by atoms with Crippen LogP contribution in [0.1, 0.15) is 40.5 Å². The minimum atomic E-state index is -1.66. The molecule has 2 fully saturated rings. The Hall–Kier alpha value is -0.813. The lowest BCUT2D eigenvalue weighted by Crippen LogP contribution is -2.43. The fourth-order valence-electron chi connectivity index (χ4n) is 4.33. The van der Waals surface area contributed by atoms with Crippen LogP contribution in [-0.4, -0.2) is 32.6 Å². The fraction of sp³-hybridized carbons (Fsp3) is 0.824. The molecule has 5 heteroatoms. The normalized spacial score (nSPS) is 37.2. The molecule has 1 saturated heterocycles. The molecule has 3 rings (SSSR count). The van der Waals surface area contributed by atoms with Gasteiger partial charge in [0.25, 0.3) is 0 Å². The first-order chi connectivity index (χ1) is 10.5. The molecule has 0 N–H and O–H groups in total. The van der Waals surface area contributed by atoms with Crippen molar-refractivity contribution >= 4 is 14.3 Å². The minimum Gasteiger partial charge on any atom is -0.491 e. The van der Waals surface area contributed by atoms with Gasteiger partial charge in [-0.3, -0.25) is 4.79 Å². The van der Waals surface area contributed by atoms with Crippen LogP contribution in [0.15, 0.2) is 11.8 Å². The van der Waals surface area contributed by atoms with Crippen LogP contribution in [0.3, 0.4) is 0 Å². The minimum absolute atomic E-state index is 0.0279. The summed E-state index contributed by atoms with van der Waals surface area (Å²) in [5.74, 6) is 1.43. The van der Waals surface area contributed by atoms with E-state index in [-0.39, 0.29) is 36.1 Å². The zero-order valence-electron chi connectivity index (χ0n) is 14.1. The average Bonchev–Trinajstić information content (AvgIpc) is 2.97.